The van der Waals surface area contributed by atoms with Crippen molar-refractivity contribution in [2.75, 3.05) is 31.8 Å². The van der Waals surface area contributed by atoms with E-state index < -0.39 is 15.9 Å². The molecule has 0 saturated carbocycles. The molecule has 8 heteroatoms. The maximum Gasteiger partial charge on any atom is 0.161 e. The SMILES string of the molecule is COc1ccccc1OCC(O)CN(Cc1cccs1)C1CCS(=O)(=O)C1. The van der Waals surface area contributed by atoms with Crippen molar-refractivity contribution in [3.05, 3.63) is 46.7 Å². The van der Waals surface area contributed by atoms with E-state index in [2.05, 4.69) is 4.90 Å². The Labute approximate surface area is 164 Å². The van der Waals surface area contributed by atoms with Gasteiger partial charge in [-0.25, -0.2) is 8.42 Å². The van der Waals surface area contributed by atoms with Crippen molar-refractivity contribution in [1.29, 1.82) is 0 Å². The molecule has 0 amide bonds. The van der Waals surface area contributed by atoms with Gasteiger partial charge in [0.1, 0.15) is 12.7 Å². The van der Waals surface area contributed by atoms with Gasteiger partial charge in [0.15, 0.2) is 21.3 Å². The third-order valence-corrected chi connectivity index (χ3v) is 7.22. The molecule has 2 unspecified atom stereocenters. The number of nitrogens with zero attached hydrogens (tertiary/aromatic N) is 1. The fourth-order valence-corrected chi connectivity index (χ4v) is 5.75. The van der Waals surface area contributed by atoms with Gasteiger partial charge in [-0.05, 0) is 30.0 Å². The monoisotopic (exact) mass is 411 g/mol. The molecule has 148 valence electrons. The number of rotatable bonds is 9. The maximum atomic E-state index is 11.9. The van der Waals surface area contributed by atoms with Crippen molar-refractivity contribution in [3.8, 4) is 11.5 Å². The minimum atomic E-state index is -2.99. The molecular weight excluding hydrogens is 386 g/mol. The van der Waals surface area contributed by atoms with E-state index in [0.29, 0.717) is 31.0 Å². The molecule has 0 aliphatic carbocycles. The van der Waals surface area contributed by atoms with E-state index in [1.165, 1.54) is 0 Å². The first-order chi connectivity index (χ1) is 13.0. The number of thiophene rings is 1. The first-order valence-corrected chi connectivity index (χ1v) is 11.6. The lowest BCUT2D eigenvalue weighted by molar-refractivity contribution is 0.0521. The highest BCUT2D eigenvalue weighted by Crippen LogP contribution is 2.26. The van der Waals surface area contributed by atoms with Crippen LogP contribution in [-0.2, 0) is 16.4 Å². The van der Waals surface area contributed by atoms with Crippen LogP contribution in [0.3, 0.4) is 0 Å². The summed E-state index contributed by atoms with van der Waals surface area (Å²) >= 11 is 1.63. The Kier molecular flexibility index (Phi) is 6.75. The minimum Gasteiger partial charge on any atom is -0.493 e. The van der Waals surface area contributed by atoms with E-state index in [1.54, 1.807) is 30.6 Å². The van der Waals surface area contributed by atoms with Crippen LogP contribution in [0, 0.1) is 0 Å². The van der Waals surface area contributed by atoms with Crippen molar-refractivity contribution >= 4 is 21.2 Å². The van der Waals surface area contributed by atoms with Gasteiger partial charge in [0.25, 0.3) is 0 Å². The number of para-hydroxylation sites is 2. The second-order valence-corrected chi connectivity index (χ2v) is 9.94. The fourth-order valence-electron chi connectivity index (χ4n) is 3.26. The number of hydrogen-bond acceptors (Lipinski definition) is 7. The summed E-state index contributed by atoms with van der Waals surface area (Å²) < 4.78 is 34.7. The quantitative estimate of drug-likeness (QED) is 0.682. The lowest BCUT2D eigenvalue weighted by Gasteiger charge is -2.29. The highest BCUT2D eigenvalue weighted by molar-refractivity contribution is 7.91. The van der Waals surface area contributed by atoms with Crippen molar-refractivity contribution < 1.29 is 23.0 Å². The predicted octanol–water partition coefficient (Wildman–Crippen LogP) is 2.19. The molecule has 6 nitrogen and oxygen atoms in total. The first-order valence-electron chi connectivity index (χ1n) is 8.87. The van der Waals surface area contributed by atoms with Crippen molar-refractivity contribution in [2.45, 2.75) is 25.1 Å². The van der Waals surface area contributed by atoms with Crippen molar-refractivity contribution in [3.63, 3.8) is 0 Å². The van der Waals surface area contributed by atoms with Crippen LogP contribution in [-0.4, -0.2) is 62.3 Å². The normalized spacial score (nSPS) is 19.9. The van der Waals surface area contributed by atoms with Crippen LogP contribution in [0.5, 0.6) is 11.5 Å². The third kappa shape index (κ3) is 5.68. The van der Waals surface area contributed by atoms with Gasteiger partial charge in [0, 0.05) is 24.0 Å². The Morgan fingerprint density at radius 3 is 2.67 bits per heavy atom. The van der Waals surface area contributed by atoms with Gasteiger partial charge in [-0.3, -0.25) is 4.90 Å². The molecule has 1 aromatic heterocycles. The second-order valence-electron chi connectivity index (χ2n) is 6.68. The zero-order valence-corrected chi connectivity index (χ0v) is 16.9. The lowest BCUT2D eigenvalue weighted by atomic mass is 10.2. The average molecular weight is 412 g/mol. The molecule has 1 fully saturated rings. The summed E-state index contributed by atoms with van der Waals surface area (Å²) in [6, 6.07) is 11.2. The summed E-state index contributed by atoms with van der Waals surface area (Å²) in [5.41, 5.74) is 0. The third-order valence-electron chi connectivity index (χ3n) is 4.61. The number of ether oxygens (including phenoxy) is 2. The van der Waals surface area contributed by atoms with E-state index in [9.17, 15) is 13.5 Å². The summed E-state index contributed by atoms with van der Waals surface area (Å²) in [7, 11) is -1.42. The van der Waals surface area contributed by atoms with Gasteiger partial charge in [0.2, 0.25) is 0 Å². The minimum absolute atomic E-state index is 0.0713. The van der Waals surface area contributed by atoms with Crippen molar-refractivity contribution in [1.82, 2.24) is 4.90 Å². The molecule has 2 heterocycles. The number of sulfone groups is 1. The second kappa shape index (κ2) is 9.05. The Hall–Kier alpha value is -1.61. The van der Waals surface area contributed by atoms with Crippen LogP contribution >= 0.6 is 11.3 Å². The number of hydrogen-bond donors (Lipinski definition) is 1. The molecule has 1 aliphatic heterocycles. The molecule has 1 saturated heterocycles. The Bertz CT molecular complexity index is 822. The summed E-state index contributed by atoms with van der Waals surface area (Å²) in [6.45, 7) is 1.09. The number of aliphatic hydroxyl groups is 1. The maximum absolute atomic E-state index is 11.9. The van der Waals surface area contributed by atoms with Gasteiger partial charge < -0.3 is 14.6 Å². The highest BCUT2D eigenvalue weighted by atomic mass is 32.2. The lowest BCUT2D eigenvalue weighted by Crippen LogP contribution is -2.42. The fraction of sp³-hybridized carbons (Fsp3) is 0.474. The molecule has 2 aromatic rings. The Balaban J connectivity index is 1.62. The topological polar surface area (TPSA) is 76.1 Å². The standard InChI is InChI=1S/C19H25NO5S2/c1-24-18-6-2-3-7-19(18)25-13-16(21)11-20(12-17-5-4-9-26-17)15-8-10-27(22,23)14-15/h2-7,9,15-16,21H,8,10-14H2,1H3. The molecule has 3 rings (SSSR count). The van der Waals surface area contributed by atoms with Gasteiger partial charge in [-0.15, -0.1) is 11.3 Å². The van der Waals surface area contributed by atoms with Gasteiger partial charge in [-0.1, -0.05) is 18.2 Å². The summed E-state index contributed by atoms with van der Waals surface area (Å²) in [6.07, 6.45) is -0.133. The average Bonchev–Trinajstić information content (AvgIpc) is 3.28. The molecule has 0 spiro atoms. The first kappa shape index (κ1) is 20.1. The van der Waals surface area contributed by atoms with Crippen molar-refractivity contribution in [2.24, 2.45) is 0 Å². The molecule has 0 bridgehead atoms. The van der Waals surface area contributed by atoms with Crippen LogP contribution in [0.25, 0.3) is 0 Å². The Morgan fingerprint density at radius 1 is 1.26 bits per heavy atom. The number of methoxy groups -OCH3 is 1. The Morgan fingerprint density at radius 2 is 2.04 bits per heavy atom. The highest BCUT2D eigenvalue weighted by Gasteiger charge is 2.33. The van der Waals surface area contributed by atoms with E-state index in [-0.39, 0.29) is 24.2 Å². The van der Waals surface area contributed by atoms with E-state index in [4.69, 9.17) is 9.47 Å². The molecular formula is C19H25NO5S2. The van der Waals surface area contributed by atoms with Gasteiger partial charge in [0.05, 0.1) is 18.6 Å². The smallest absolute Gasteiger partial charge is 0.161 e. The van der Waals surface area contributed by atoms with E-state index in [0.717, 1.165) is 4.88 Å². The molecule has 0 radical (unpaired) electrons. The molecule has 1 N–H and O–H groups in total. The van der Waals surface area contributed by atoms with E-state index in [1.807, 2.05) is 29.6 Å². The number of aliphatic hydroxyl groups excluding tert-OH is 1. The molecule has 1 aliphatic rings. The van der Waals surface area contributed by atoms with Crippen LogP contribution < -0.4 is 9.47 Å². The predicted molar refractivity (Wildman–Crippen MR) is 106 cm³/mol. The van der Waals surface area contributed by atoms with E-state index >= 15 is 0 Å². The van der Waals surface area contributed by atoms with Crippen LogP contribution in [0.2, 0.25) is 0 Å². The van der Waals surface area contributed by atoms with Gasteiger partial charge in [-0.2, -0.15) is 0 Å². The van der Waals surface area contributed by atoms with Crippen LogP contribution in [0.15, 0.2) is 41.8 Å². The largest absolute Gasteiger partial charge is 0.493 e. The zero-order chi connectivity index (χ0) is 19.3. The molecule has 27 heavy (non-hydrogen) atoms. The molecule has 2 atom stereocenters. The summed E-state index contributed by atoms with van der Waals surface area (Å²) in [4.78, 5) is 3.21. The van der Waals surface area contributed by atoms with Gasteiger partial charge >= 0.3 is 0 Å². The molecule has 1 aromatic carbocycles. The summed E-state index contributed by atoms with van der Waals surface area (Å²) in [5.74, 6) is 1.56. The van der Waals surface area contributed by atoms with Crippen LogP contribution in [0.4, 0.5) is 0 Å². The van der Waals surface area contributed by atoms with Crippen LogP contribution in [0.1, 0.15) is 11.3 Å². The zero-order valence-electron chi connectivity index (χ0n) is 15.3. The summed E-state index contributed by atoms with van der Waals surface area (Å²) in [5, 5.41) is 12.5. The number of benzene rings is 1.